The monoisotopic (exact) mass is 479 g/mol. The molecule has 176 valence electrons. The molecule has 0 bridgehead atoms. The van der Waals surface area contributed by atoms with Gasteiger partial charge >= 0.3 is 0 Å². The van der Waals surface area contributed by atoms with Gasteiger partial charge in [0.05, 0.1) is 11.7 Å². The van der Waals surface area contributed by atoms with Crippen LogP contribution < -0.4 is 10.6 Å². The Morgan fingerprint density at radius 1 is 1.26 bits per heavy atom. The summed E-state index contributed by atoms with van der Waals surface area (Å²) in [5, 5.41) is 17.1. The van der Waals surface area contributed by atoms with E-state index in [0.29, 0.717) is 5.56 Å². The summed E-state index contributed by atoms with van der Waals surface area (Å²) in [5.74, 6) is -1.09. The number of aromatic nitrogens is 1. The molecule has 3 heterocycles. The number of ether oxygens (including phenoxy) is 1. The van der Waals surface area contributed by atoms with Gasteiger partial charge in [0.25, 0.3) is 5.91 Å². The highest BCUT2D eigenvalue weighted by Crippen LogP contribution is 2.25. The second-order valence-corrected chi connectivity index (χ2v) is 9.35. The zero-order valence-electron chi connectivity index (χ0n) is 18.8. The molecule has 4 rings (SSSR count). The van der Waals surface area contributed by atoms with E-state index in [1.54, 1.807) is 38.2 Å². The standard InChI is InChI=1S/C25H25N3O5S/c1-15-25(2,22(30)14-33-15)28-24(32)20(10-16-5-7-19(29)8-6-16)27-23(31)18-11-17(12-26-13-18)21-4-3-9-34-21/h3-9,11-13,15,20,29H,10,14H2,1-2H3,(H,27,31)(H,28,32). The lowest BCUT2D eigenvalue weighted by Crippen LogP contribution is -2.60. The van der Waals surface area contributed by atoms with Crippen molar-refractivity contribution < 1.29 is 24.2 Å². The lowest BCUT2D eigenvalue weighted by molar-refractivity contribution is -0.130. The highest BCUT2D eigenvalue weighted by Gasteiger charge is 2.47. The molecule has 2 amide bonds. The molecule has 1 saturated heterocycles. The normalized spacial score (nSPS) is 20.6. The Morgan fingerprint density at radius 2 is 2.03 bits per heavy atom. The number of ketones is 1. The highest BCUT2D eigenvalue weighted by molar-refractivity contribution is 7.13. The summed E-state index contributed by atoms with van der Waals surface area (Å²) in [6.07, 6.45) is 2.78. The van der Waals surface area contributed by atoms with Gasteiger partial charge in [0.15, 0.2) is 5.78 Å². The van der Waals surface area contributed by atoms with E-state index < -0.39 is 29.5 Å². The molecule has 0 saturated carbocycles. The Balaban J connectivity index is 1.57. The molecule has 2 aromatic heterocycles. The van der Waals surface area contributed by atoms with Crippen molar-refractivity contribution in [2.45, 2.75) is 38.0 Å². The molecule has 3 aromatic rings. The highest BCUT2D eigenvalue weighted by atomic mass is 32.1. The molecule has 9 heteroatoms. The predicted molar refractivity (Wildman–Crippen MR) is 128 cm³/mol. The molecule has 8 nitrogen and oxygen atoms in total. The van der Waals surface area contributed by atoms with Crippen LogP contribution in [0.1, 0.15) is 29.8 Å². The van der Waals surface area contributed by atoms with Crippen molar-refractivity contribution in [3.8, 4) is 16.2 Å². The third-order valence-electron chi connectivity index (χ3n) is 6.04. The van der Waals surface area contributed by atoms with Crippen LogP contribution in [-0.2, 0) is 20.7 Å². The number of carbonyl (C=O) groups is 3. The Labute approximate surface area is 201 Å². The van der Waals surface area contributed by atoms with E-state index in [-0.39, 0.29) is 24.6 Å². The van der Waals surface area contributed by atoms with Crippen LogP contribution in [0, 0.1) is 0 Å². The van der Waals surface area contributed by atoms with Crippen LogP contribution in [0.2, 0.25) is 0 Å². The minimum absolute atomic E-state index is 0.0753. The fourth-order valence-electron chi connectivity index (χ4n) is 3.72. The number of Topliss-reactive ketones (excluding diaryl/α,β-unsaturated/α-hetero) is 1. The van der Waals surface area contributed by atoms with E-state index in [9.17, 15) is 19.5 Å². The summed E-state index contributed by atoms with van der Waals surface area (Å²) in [6.45, 7) is 3.27. The Hall–Kier alpha value is -3.56. The van der Waals surface area contributed by atoms with Gasteiger partial charge in [-0.3, -0.25) is 19.4 Å². The molecule has 3 unspecified atom stereocenters. The third kappa shape index (κ3) is 5.00. The number of benzene rings is 1. The number of pyridine rings is 1. The summed E-state index contributed by atoms with van der Waals surface area (Å²) in [6, 6.07) is 11.0. The molecule has 1 fully saturated rings. The van der Waals surface area contributed by atoms with Gasteiger partial charge in [0.2, 0.25) is 5.91 Å². The first kappa shape index (κ1) is 23.6. The molecule has 34 heavy (non-hydrogen) atoms. The average Bonchev–Trinajstić information content (AvgIpc) is 3.45. The third-order valence-corrected chi connectivity index (χ3v) is 6.96. The first-order chi connectivity index (χ1) is 16.3. The molecule has 1 aromatic carbocycles. The second-order valence-electron chi connectivity index (χ2n) is 8.40. The van der Waals surface area contributed by atoms with Gasteiger partial charge in [0, 0.05) is 29.3 Å². The summed E-state index contributed by atoms with van der Waals surface area (Å²) in [7, 11) is 0. The van der Waals surface area contributed by atoms with Crippen molar-refractivity contribution in [2.24, 2.45) is 0 Å². The molecule has 3 N–H and O–H groups in total. The largest absolute Gasteiger partial charge is 0.508 e. The van der Waals surface area contributed by atoms with Crippen LogP contribution in [0.15, 0.2) is 60.2 Å². The van der Waals surface area contributed by atoms with Gasteiger partial charge in [-0.15, -0.1) is 11.3 Å². The first-order valence-corrected chi connectivity index (χ1v) is 11.7. The number of phenols is 1. The van der Waals surface area contributed by atoms with Gasteiger partial charge in [-0.1, -0.05) is 18.2 Å². The van der Waals surface area contributed by atoms with E-state index >= 15 is 0 Å². The quantitative estimate of drug-likeness (QED) is 0.480. The number of carbonyl (C=O) groups excluding carboxylic acids is 3. The fourth-order valence-corrected chi connectivity index (χ4v) is 4.43. The summed E-state index contributed by atoms with van der Waals surface area (Å²) in [4.78, 5) is 43.9. The van der Waals surface area contributed by atoms with Gasteiger partial charge in [-0.05, 0) is 49.1 Å². The number of amides is 2. The van der Waals surface area contributed by atoms with Crippen LogP contribution in [0.3, 0.4) is 0 Å². The van der Waals surface area contributed by atoms with Crippen molar-refractivity contribution in [1.82, 2.24) is 15.6 Å². The molecule has 3 atom stereocenters. The lowest BCUT2D eigenvalue weighted by atomic mass is 9.92. The number of rotatable bonds is 7. The van der Waals surface area contributed by atoms with Crippen LogP contribution in [-0.4, -0.2) is 52.0 Å². The number of nitrogens with zero attached hydrogens (tertiary/aromatic N) is 1. The Kier molecular flexibility index (Phi) is 6.76. The average molecular weight is 480 g/mol. The molecular weight excluding hydrogens is 454 g/mol. The van der Waals surface area contributed by atoms with Gasteiger partial charge in [-0.2, -0.15) is 0 Å². The summed E-state index contributed by atoms with van der Waals surface area (Å²) < 4.78 is 5.41. The number of thiophene rings is 1. The topological polar surface area (TPSA) is 118 Å². The SMILES string of the molecule is CC1OCC(=O)C1(C)NC(=O)C(Cc1ccc(O)cc1)NC(=O)c1cncc(-c2cccs2)c1. The smallest absolute Gasteiger partial charge is 0.253 e. The van der Waals surface area contributed by atoms with E-state index in [2.05, 4.69) is 15.6 Å². The van der Waals surface area contributed by atoms with Crippen LogP contribution >= 0.6 is 11.3 Å². The molecule has 0 aliphatic carbocycles. The summed E-state index contributed by atoms with van der Waals surface area (Å²) >= 11 is 1.54. The maximum atomic E-state index is 13.3. The van der Waals surface area contributed by atoms with Crippen molar-refractivity contribution in [3.05, 3.63) is 71.4 Å². The van der Waals surface area contributed by atoms with E-state index in [0.717, 1.165) is 16.0 Å². The van der Waals surface area contributed by atoms with E-state index in [1.807, 2.05) is 17.5 Å². The Bertz CT molecular complexity index is 1200. The van der Waals surface area contributed by atoms with Crippen LogP contribution in [0.4, 0.5) is 0 Å². The number of aromatic hydroxyl groups is 1. The second kappa shape index (κ2) is 9.74. The van der Waals surface area contributed by atoms with Crippen LogP contribution in [0.25, 0.3) is 10.4 Å². The Morgan fingerprint density at radius 3 is 2.68 bits per heavy atom. The van der Waals surface area contributed by atoms with E-state index in [1.165, 1.54) is 29.7 Å². The zero-order chi connectivity index (χ0) is 24.3. The predicted octanol–water partition coefficient (Wildman–Crippen LogP) is 2.72. The molecule has 1 aliphatic heterocycles. The number of nitrogens with one attached hydrogen (secondary N) is 2. The first-order valence-electron chi connectivity index (χ1n) is 10.8. The number of phenolic OH excluding ortho intramolecular Hbond substituents is 1. The zero-order valence-corrected chi connectivity index (χ0v) is 19.6. The van der Waals surface area contributed by atoms with Crippen molar-refractivity contribution >= 4 is 28.9 Å². The lowest BCUT2D eigenvalue weighted by Gasteiger charge is -2.30. The number of hydrogen-bond donors (Lipinski definition) is 3. The fraction of sp³-hybridized carbons (Fsp3) is 0.280. The van der Waals surface area contributed by atoms with E-state index in [4.69, 9.17) is 4.74 Å². The number of hydrogen-bond acceptors (Lipinski definition) is 7. The van der Waals surface area contributed by atoms with Crippen molar-refractivity contribution in [1.29, 1.82) is 0 Å². The molecule has 1 aliphatic rings. The van der Waals surface area contributed by atoms with Gasteiger partial charge in [-0.25, -0.2) is 0 Å². The van der Waals surface area contributed by atoms with Gasteiger partial charge < -0.3 is 20.5 Å². The van der Waals surface area contributed by atoms with Gasteiger partial charge in [0.1, 0.15) is 23.9 Å². The molecular formula is C25H25N3O5S. The molecule has 0 radical (unpaired) electrons. The molecule has 0 spiro atoms. The van der Waals surface area contributed by atoms with Crippen molar-refractivity contribution in [3.63, 3.8) is 0 Å². The maximum Gasteiger partial charge on any atom is 0.253 e. The minimum Gasteiger partial charge on any atom is -0.508 e. The maximum absolute atomic E-state index is 13.3. The van der Waals surface area contributed by atoms with Crippen molar-refractivity contribution in [2.75, 3.05) is 6.61 Å². The van der Waals surface area contributed by atoms with Crippen LogP contribution in [0.5, 0.6) is 5.75 Å². The minimum atomic E-state index is -1.18. The summed E-state index contributed by atoms with van der Waals surface area (Å²) in [5.41, 5.74) is 0.665.